The van der Waals surface area contributed by atoms with Crippen LogP contribution in [0.1, 0.15) is 40.3 Å². The second-order valence-corrected chi connectivity index (χ2v) is 5.26. The summed E-state index contributed by atoms with van der Waals surface area (Å²) in [5.41, 5.74) is 3.73. The molecule has 0 amide bonds. The third kappa shape index (κ3) is 2.36. The van der Waals surface area contributed by atoms with Crippen molar-refractivity contribution in [3.63, 3.8) is 0 Å². The predicted molar refractivity (Wildman–Crippen MR) is 81.6 cm³/mol. The van der Waals surface area contributed by atoms with E-state index in [9.17, 15) is 4.79 Å². The Labute approximate surface area is 128 Å². The van der Waals surface area contributed by atoms with Gasteiger partial charge in [-0.1, -0.05) is 36.7 Å². The van der Waals surface area contributed by atoms with E-state index in [2.05, 4.69) is 10.3 Å². The van der Waals surface area contributed by atoms with Crippen LogP contribution in [0.2, 0.25) is 5.15 Å². The Morgan fingerprint density at radius 1 is 1.33 bits per heavy atom. The van der Waals surface area contributed by atoms with Gasteiger partial charge in [0.2, 0.25) is 6.23 Å². The molecular formula is C16H15ClN2O2. The van der Waals surface area contributed by atoms with E-state index in [1.54, 1.807) is 0 Å². The van der Waals surface area contributed by atoms with Gasteiger partial charge in [-0.3, -0.25) is 0 Å². The van der Waals surface area contributed by atoms with Crippen molar-refractivity contribution in [3.05, 3.63) is 57.9 Å². The fourth-order valence-electron chi connectivity index (χ4n) is 2.64. The SMILES string of the molecule is CCc1c(C)nc(Cl)c2c1C(=O)OC2Nc1ccccc1. The van der Waals surface area contributed by atoms with Crippen molar-refractivity contribution in [3.8, 4) is 0 Å². The van der Waals surface area contributed by atoms with Crippen molar-refractivity contribution >= 4 is 23.3 Å². The summed E-state index contributed by atoms with van der Waals surface area (Å²) in [6, 6.07) is 9.55. The number of halogens is 1. The highest BCUT2D eigenvalue weighted by molar-refractivity contribution is 6.31. The fraction of sp³-hybridized carbons (Fsp3) is 0.250. The summed E-state index contributed by atoms with van der Waals surface area (Å²) in [6.07, 6.45) is 0.117. The fourth-order valence-corrected chi connectivity index (χ4v) is 2.96. The summed E-state index contributed by atoms with van der Waals surface area (Å²) in [6.45, 7) is 3.85. The molecule has 1 aromatic heterocycles. The number of nitrogens with one attached hydrogen (secondary N) is 1. The van der Waals surface area contributed by atoms with Crippen molar-refractivity contribution in [1.29, 1.82) is 0 Å². The number of carbonyl (C=O) groups is 1. The minimum absolute atomic E-state index is 0.319. The number of para-hydroxylation sites is 1. The topological polar surface area (TPSA) is 51.2 Å². The highest BCUT2D eigenvalue weighted by Crippen LogP contribution is 2.38. The van der Waals surface area contributed by atoms with Gasteiger partial charge in [0.1, 0.15) is 5.15 Å². The van der Waals surface area contributed by atoms with Gasteiger partial charge in [-0.15, -0.1) is 0 Å². The maximum atomic E-state index is 12.2. The summed E-state index contributed by atoms with van der Waals surface area (Å²) >= 11 is 6.25. The molecule has 2 heterocycles. The average molecular weight is 303 g/mol. The molecule has 0 spiro atoms. The maximum Gasteiger partial charge on any atom is 0.341 e. The molecule has 21 heavy (non-hydrogen) atoms. The number of hydrogen-bond acceptors (Lipinski definition) is 4. The normalized spacial score (nSPS) is 16.5. The number of benzene rings is 1. The number of rotatable bonds is 3. The zero-order valence-corrected chi connectivity index (χ0v) is 12.6. The van der Waals surface area contributed by atoms with E-state index in [4.69, 9.17) is 16.3 Å². The lowest BCUT2D eigenvalue weighted by molar-refractivity contribution is 0.0436. The molecule has 1 aromatic carbocycles. The Kier molecular flexibility index (Phi) is 3.55. The highest BCUT2D eigenvalue weighted by atomic mass is 35.5. The van der Waals surface area contributed by atoms with E-state index in [-0.39, 0.29) is 5.97 Å². The van der Waals surface area contributed by atoms with Gasteiger partial charge < -0.3 is 10.1 Å². The molecule has 108 valence electrons. The number of aryl methyl sites for hydroxylation is 1. The molecule has 1 unspecified atom stereocenters. The first-order valence-electron chi connectivity index (χ1n) is 6.83. The number of cyclic esters (lactones) is 1. The van der Waals surface area contributed by atoms with Crippen LogP contribution in [0, 0.1) is 6.92 Å². The Hall–Kier alpha value is -2.07. The first kappa shape index (κ1) is 13.9. The number of carbonyl (C=O) groups excluding carboxylic acids is 1. The molecule has 5 heteroatoms. The lowest BCUT2D eigenvalue weighted by atomic mass is 10.0. The molecule has 1 N–H and O–H groups in total. The largest absolute Gasteiger partial charge is 0.434 e. The molecule has 1 aliphatic heterocycles. The molecule has 1 aliphatic rings. The van der Waals surface area contributed by atoms with Gasteiger partial charge in [-0.25, -0.2) is 9.78 Å². The second kappa shape index (κ2) is 5.37. The van der Waals surface area contributed by atoms with Gasteiger partial charge in [-0.05, 0) is 31.0 Å². The van der Waals surface area contributed by atoms with E-state index in [0.29, 0.717) is 22.7 Å². The van der Waals surface area contributed by atoms with Crippen LogP contribution in [0.5, 0.6) is 0 Å². The van der Waals surface area contributed by atoms with Crippen molar-refractivity contribution in [2.75, 3.05) is 5.32 Å². The van der Waals surface area contributed by atoms with Gasteiger partial charge >= 0.3 is 5.97 Å². The van der Waals surface area contributed by atoms with Crippen molar-refractivity contribution in [2.24, 2.45) is 0 Å². The summed E-state index contributed by atoms with van der Waals surface area (Å²) in [7, 11) is 0. The highest BCUT2D eigenvalue weighted by Gasteiger charge is 2.36. The minimum Gasteiger partial charge on any atom is -0.434 e. The summed E-state index contributed by atoms with van der Waals surface area (Å²) in [4.78, 5) is 16.5. The Balaban J connectivity index is 2.06. The van der Waals surface area contributed by atoms with Gasteiger partial charge in [0, 0.05) is 11.4 Å². The van der Waals surface area contributed by atoms with Crippen LogP contribution >= 0.6 is 11.6 Å². The van der Waals surface area contributed by atoms with Crippen LogP contribution in [-0.4, -0.2) is 11.0 Å². The van der Waals surface area contributed by atoms with Gasteiger partial charge in [0.05, 0.1) is 11.1 Å². The van der Waals surface area contributed by atoms with E-state index >= 15 is 0 Å². The Morgan fingerprint density at radius 2 is 2.05 bits per heavy atom. The summed E-state index contributed by atoms with van der Waals surface area (Å²) in [5.74, 6) is -0.345. The van der Waals surface area contributed by atoms with Crippen LogP contribution < -0.4 is 5.32 Å². The summed E-state index contributed by atoms with van der Waals surface area (Å²) in [5, 5.41) is 3.49. The summed E-state index contributed by atoms with van der Waals surface area (Å²) < 4.78 is 5.44. The number of anilines is 1. The van der Waals surface area contributed by atoms with Crippen molar-refractivity contribution in [1.82, 2.24) is 4.98 Å². The van der Waals surface area contributed by atoms with Crippen LogP contribution in [-0.2, 0) is 11.2 Å². The second-order valence-electron chi connectivity index (χ2n) is 4.90. The minimum atomic E-state index is -0.596. The molecule has 0 bridgehead atoms. The lowest BCUT2D eigenvalue weighted by Crippen LogP contribution is -2.11. The zero-order valence-electron chi connectivity index (χ0n) is 11.8. The Bertz CT molecular complexity index is 701. The quantitative estimate of drug-likeness (QED) is 0.690. The molecular weight excluding hydrogens is 288 g/mol. The number of aromatic nitrogens is 1. The predicted octanol–water partition coefficient (Wildman–Crippen LogP) is 3.89. The van der Waals surface area contributed by atoms with Crippen molar-refractivity contribution < 1.29 is 9.53 Å². The molecule has 0 saturated carbocycles. The molecule has 1 atom stereocenters. The van der Waals surface area contributed by atoms with Gasteiger partial charge in [0.15, 0.2) is 0 Å². The van der Waals surface area contributed by atoms with E-state index in [1.807, 2.05) is 44.2 Å². The number of pyridine rings is 1. The third-order valence-corrected chi connectivity index (χ3v) is 3.90. The molecule has 0 fully saturated rings. The maximum absolute atomic E-state index is 12.2. The van der Waals surface area contributed by atoms with Crippen molar-refractivity contribution in [2.45, 2.75) is 26.5 Å². The first-order chi connectivity index (χ1) is 10.1. The van der Waals surface area contributed by atoms with E-state index in [1.165, 1.54) is 0 Å². The van der Waals surface area contributed by atoms with Crippen LogP contribution in [0.3, 0.4) is 0 Å². The van der Waals surface area contributed by atoms with E-state index in [0.717, 1.165) is 16.9 Å². The molecule has 0 radical (unpaired) electrons. The number of hydrogen-bond donors (Lipinski definition) is 1. The molecule has 3 rings (SSSR count). The molecule has 0 saturated heterocycles. The van der Waals surface area contributed by atoms with Gasteiger partial charge in [-0.2, -0.15) is 0 Å². The van der Waals surface area contributed by atoms with Gasteiger partial charge in [0.25, 0.3) is 0 Å². The average Bonchev–Trinajstić information content (AvgIpc) is 2.78. The monoisotopic (exact) mass is 302 g/mol. The van der Waals surface area contributed by atoms with Crippen LogP contribution in [0.4, 0.5) is 5.69 Å². The van der Waals surface area contributed by atoms with Crippen LogP contribution in [0.15, 0.2) is 30.3 Å². The standard InChI is InChI=1S/C16H15ClN2O2/c1-3-11-9(2)18-14(17)13-12(11)16(20)21-15(13)19-10-7-5-4-6-8-10/h4-8,15,19H,3H2,1-2H3. The molecule has 4 nitrogen and oxygen atoms in total. The number of ether oxygens (including phenoxy) is 1. The molecule has 2 aromatic rings. The van der Waals surface area contributed by atoms with Crippen LogP contribution in [0.25, 0.3) is 0 Å². The lowest BCUT2D eigenvalue weighted by Gasteiger charge is -2.15. The first-order valence-corrected chi connectivity index (χ1v) is 7.21. The number of esters is 1. The smallest absolute Gasteiger partial charge is 0.341 e. The molecule has 0 aliphatic carbocycles. The number of nitrogens with zero attached hydrogens (tertiary/aromatic N) is 1. The van der Waals surface area contributed by atoms with E-state index < -0.39 is 6.23 Å². The third-order valence-electron chi connectivity index (χ3n) is 3.61. The Morgan fingerprint density at radius 3 is 2.71 bits per heavy atom. The number of fused-ring (bicyclic) bond motifs is 1. The zero-order chi connectivity index (χ0) is 15.0.